The number of aromatic hydroxyl groups is 1. The number of methoxy groups -OCH3 is 1. The van der Waals surface area contributed by atoms with Gasteiger partial charge in [0.25, 0.3) is 11.8 Å². The molecule has 0 atom stereocenters. The summed E-state index contributed by atoms with van der Waals surface area (Å²) in [7, 11) is 1.44. The Morgan fingerprint density at radius 1 is 1.30 bits per heavy atom. The number of hydrogen-bond acceptors (Lipinski definition) is 6. The number of phenols is 1. The standard InChI is InChI=1S/C18H13BrN2O4S2/c1-25-14-8-10(2-7-13(14)22)9-15-17(24)21(18(26)27-15)20-16(23)11-3-5-12(19)6-4-11/h2-9,22H,1H3,(H,20,23)/b15-9-. The molecule has 2 aromatic rings. The van der Waals surface area contributed by atoms with Crippen molar-refractivity contribution in [2.75, 3.05) is 7.11 Å². The molecule has 6 nitrogen and oxygen atoms in total. The van der Waals surface area contributed by atoms with Gasteiger partial charge in [0.15, 0.2) is 15.8 Å². The molecule has 0 unspecified atom stereocenters. The van der Waals surface area contributed by atoms with Gasteiger partial charge in [0.2, 0.25) is 0 Å². The third-order valence-electron chi connectivity index (χ3n) is 3.62. The van der Waals surface area contributed by atoms with Crippen LogP contribution >= 0.6 is 39.9 Å². The smallest absolute Gasteiger partial charge is 0.285 e. The highest BCUT2D eigenvalue weighted by atomic mass is 79.9. The molecule has 9 heteroatoms. The molecule has 2 N–H and O–H groups in total. The van der Waals surface area contributed by atoms with Gasteiger partial charge in [-0.05, 0) is 60.3 Å². The number of hydrogen-bond donors (Lipinski definition) is 2. The number of amides is 2. The van der Waals surface area contributed by atoms with E-state index >= 15 is 0 Å². The van der Waals surface area contributed by atoms with E-state index in [-0.39, 0.29) is 10.1 Å². The first-order chi connectivity index (χ1) is 12.9. The maximum Gasteiger partial charge on any atom is 0.285 e. The molecule has 0 radical (unpaired) electrons. The number of carbonyl (C=O) groups is 2. The molecule has 27 heavy (non-hydrogen) atoms. The van der Waals surface area contributed by atoms with Crippen molar-refractivity contribution in [3.05, 3.63) is 63.0 Å². The first kappa shape index (κ1) is 19.4. The fraction of sp³-hybridized carbons (Fsp3) is 0.0556. The van der Waals surface area contributed by atoms with E-state index in [4.69, 9.17) is 17.0 Å². The molecular formula is C18H13BrN2O4S2. The van der Waals surface area contributed by atoms with Gasteiger partial charge in [-0.15, -0.1) is 0 Å². The number of phenolic OH excluding ortho intramolecular Hbond substituents is 1. The van der Waals surface area contributed by atoms with Gasteiger partial charge in [-0.3, -0.25) is 15.0 Å². The van der Waals surface area contributed by atoms with E-state index in [9.17, 15) is 14.7 Å². The van der Waals surface area contributed by atoms with E-state index < -0.39 is 11.8 Å². The van der Waals surface area contributed by atoms with Gasteiger partial charge in [-0.2, -0.15) is 5.01 Å². The van der Waals surface area contributed by atoms with Gasteiger partial charge in [0, 0.05) is 10.0 Å². The lowest BCUT2D eigenvalue weighted by molar-refractivity contribution is -0.123. The zero-order valence-corrected chi connectivity index (χ0v) is 17.2. The normalized spacial score (nSPS) is 15.3. The molecule has 2 aromatic carbocycles. The predicted octanol–water partition coefficient (Wildman–Crippen LogP) is 3.71. The Balaban J connectivity index is 1.78. The van der Waals surface area contributed by atoms with Crippen molar-refractivity contribution in [1.82, 2.24) is 10.4 Å². The van der Waals surface area contributed by atoms with Crippen molar-refractivity contribution in [3.63, 3.8) is 0 Å². The van der Waals surface area contributed by atoms with Crippen molar-refractivity contribution in [3.8, 4) is 11.5 Å². The molecule has 3 rings (SSSR count). The van der Waals surface area contributed by atoms with Gasteiger partial charge in [0.05, 0.1) is 12.0 Å². The van der Waals surface area contributed by atoms with Crippen LogP contribution in [-0.2, 0) is 4.79 Å². The number of carbonyl (C=O) groups excluding carboxylic acids is 2. The highest BCUT2D eigenvalue weighted by Gasteiger charge is 2.33. The van der Waals surface area contributed by atoms with Crippen molar-refractivity contribution in [2.24, 2.45) is 0 Å². The predicted molar refractivity (Wildman–Crippen MR) is 111 cm³/mol. The minimum absolute atomic E-state index is 0.00367. The second-order valence-corrected chi connectivity index (χ2v) is 7.99. The molecule has 0 bridgehead atoms. The SMILES string of the molecule is COc1cc(/C=C2\SC(=S)N(NC(=O)c3ccc(Br)cc3)C2=O)ccc1O. The van der Waals surface area contributed by atoms with Crippen molar-refractivity contribution < 1.29 is 19.4 Å². The van der Waals surface area contributed by atoms with Crippen molar-refractivity contribution in [1.29, 1.82) is 0 Å². The van der Waals surface area contributed by atoms with Crippen LogP contribution in [0.5, 0.6) is 11.5 Å². The van der Waals surface area contributed by atoms with Crippen LogP contribution in [0.4, 0.5) is 0 Å². The summed E-state index contributed by atoms with van der Waals surface area (Å²) in [5.74, 6) is -0.569. The van der Waals surface area contributed by atoms with E-state index in [1.54, 1.807) is 42.5 Å². The highest BCUT2D eigenvalue weighted by molar-refractivity contribution is 9.10. The molecule has 138 valence electrons. The second kappa shape index (κ2) is 8.12. The molecular weight excluding hydrogens is 452 g/mol. The van der Waals surface area contributed by atoms with Gasteiger partial charge < -0.3 is 9.84 Å². The number of thioether (sulfide) groups is 1. The number of hydrazine groups is 1. The Kier molecular flexibility index (Phi) is 5.83. The molecule has 0 saturated carbocycles. The van der Waals surface area contributed by atoms with Crippen LogP contribution in [-0.4, -0.2) is 33.4 Å². The van der Waals surface area contributed by atoms with Gasteiger partial charge >= 0.3 is 0 Å². The summed E-state index contributed by atoms with van der Waals surface area (Å²) in [6.07, 6.45) is 1.62. The molecule has 1 aliphatic rings. The average molecular weight is 465 g/mol. The zero-order chi connectivity index (χ0) is 19.6. The van der Waals surface area contributed by atoms with Gasteiger partial charge in [0.1, 0.15) is 0 Å². The van der Waals surface area contributed by atoms with E-state index in [1.165, 1.54) is 13.2 Å². The van der Waals surface area contributed by atoms with E-state index in [0.29, 0.717) is 21.8 Å². The van der Waals surface area contributed by atoms with Gasteiger partial charge in [-0.25, -0.2) is 0 Å². The molecule has 1 aliphatic heterocycles. The molecule has 1 heterocycles. The Morgan fingerprint density at radius 2 is 2.00 bits per heavy atom. The first-order valence-electron chi connectivity index (χ1n) is 7.60. The number of rotatable bonds is 4. The number of nitrogens with zero attached hydrogens (tertiary/aromatic N) is 1. The lowest BCUT2D eigenvalue weighted by Crippen LogP contribution is -2.44. The van der Waals surface area contributed by atoms with Crippen LogP contribution in [0.3, 0.4) is 0 Å². The quantitative estimate of drug-likeness (QED) is 0.530. The minimum Gasteiger partial charge on any atom is -0.504 e. The molecule has 1 saturated heterocycles. The Bertz CT molecular complexity index is 960. The molecule has 0 aliphatic carbocycles. The summed E-state index contributed by atoms with van der Waals surface area (Å²) in [6, 6.07) is 11.5. The summed E-state index contributed by atoms with van der Waals surface area (Å²) in [5, 5.41) is 10.7. The van der Waals surface area contributed by atoms with Crippen LogP contribution in [0.25, 0.3) is 6.08 Å². The summed E-state index contributed by atoms with van der Waals surface area (Å²) in [5.41, 5.74) is 3.58. The fourth-order valence-corrected chi connectivity index (χ4v) is 3.71. The first-order valence-corrected chi connectivity index (χ1v) is 9.62. The average Bonchev–Trinajstić information content (AvgIpc) is 2.91. The second-order valence-electron chi connectivity index (χ2n) is 5.40. The van der Waals surface area contributed by atoms with Crippen molar-refractivity contribution >= 4 is 62.1 Å². The number of thiocarbonyl (C=S) groups is 1. The monoisotopic (exact) mass is 464 g/mol. The van der Waals surface area contributed by atoms with Crippen LogP contribution < -0.4 is 10.2 Å². The zero-order valence-electron chi connectivity index (χ0n) is 13.9. The molecule has 2 amide bonds. The van der Waals surface area contributed by atoms with E-state index in [2.05, 4.69) is 21.4 Å². The lowest BCUT2D eigenvalue weighted by atomic mass is 10.2. The summed E-state index contributed by atoms with van der Waals surface area (Å²) >= 11 is 9.59. The third kappa shape index (κ3) is 4.32. The number of benzene rings is 2. The van der Waals surface area contributed by atoms with Crippen LogP contribution in [0.1, 0.15) is 15.9 Å². The highest BCUT2D eigenvalue weighted by Crippen LogP contribution is 2.33. The molecule has 1 fully saturated rings. The maximum atomic E-state index is 12.6. The van der Waals surface area contributed by atoms with Gasteiger partial charge in [-0.1, -0.05) is 33.8 Å². The summed E-state index contributed by atoms with van der Waals surface area (Å²) in [4.78, 5) is 25.3. The Hall–Kier alpha value is -2.36. The molecule has 0 aromatic heterocycles. The lowest BCUT2D eigenvalue weighted by Gasteiger charge is -2.15. The minimum atomic E-state index is -0.439. The largest absolute Gasteiger partial charge is 0.504 e. The summed E-state index contributed by atoms with van der Waals surface area (Å²) < 4.78 is 6.13. The number of nitrogens with one attached hydrogen (secondary N) is 1. The van der Waals surface area contributed by atoms with Crippen LogP contribution in [0, 0.1) is 0 Å². The third-order valence-corrected chi connectivity index (χ3v) is 5.45. The maximum absolute atomic E-state index is 12.6. The summed E-state index contributed by atoms with van der Waals surface area (Å²) in [6.45, 7) is 0. The number of halogens is 1. The molecule has 0 spiro atoms. The fourth-order valence-electron chi connectivity index (χ4n) is 2.27. The van der Waals surface area contributed by atoms with Crippen molar-refractivity contribution in [2.45, 2.75) is 0 Å². The Morgan fingerprint density at radius 3 is 2.67 bits per heavy atom. The van der Waals surface area contributed by atoms with Crippen LogP contribution in [0.2, 0.25) is 0 Å². The van der Waals surface area contributed by atoms with E-state index in [0.717, 1.165) is 21.2 Å². The number of ether oxygens (including phenoxy) is 1. The Labute approximate surface area is 173 Å². The van der Waals surface area contributed by atoms with Crippen LogP contribution in [0.15, 0.2) is 51.8 Å². The van der Waals surface area contributed by atoms with E-state index in [1.807, 2.05) is 0 Å². The topological polar surface area (TPSA) is 78.9 Å².